The summed E-state index contributed by atoms with van der Waals surface area (Å²) in [6.45, 7) is 9.83. The van der Waals surface area contributed by atoms with E-state index in [9.17, 15) is 0 Å². The second-order valence-electron chi connectivity index (χ2n) is 5.62. The van der Waals surface area contributed by atoms with Gasteiger partial charge in [0.15, 0.2) is 5.96 Å². The molecule has 0 aliphatic rings. The zero-order valence-electron chi connectivity index (χ0n) is 15.4. The molecule has 138 valence electrons. The number of aliphatic imine (C=N–C) groups is 1. The van der Waals surface area contributed by atoms with Crippen molar-refractivity contribution in [2.45, 2.75) is 27.3 Å². The molecule has 1 aromatic carbocycles. The van der Waals surface area contributed by atoms with E-state index in [1.54, 1.807) is 18.4 Å². The minimum atomic E-state index is 0. The van der Waals surface area contributed by atoms with E-state index in [0.29, 0.717) is 0 Å². The normalized spacial score (nSPS) is 11.0. The highest BCUT2D eigenvalue weighted by Crippen LogP contribution is 2.15. The Morgan fingerprint density at radius 3 is 2.68 bits per heavy atom. The SMILES string of the molecule is CCN(CCNC(=NC)NCc1cnc(C)s1)c1cccc(C)c1.I. The summed E-state index contributed by atoms with van der Waals surface area (Å²) in [5.41, 5.74) is 2.55. The number of thiazole rings is 1. The number of nitrogens with one attached hydrogen (secondary N) is 2. The van der Waals surface area contributed by atoms with Crippen LogP contribution in [0.15, 0.2) is 35.5 Å². The van der Waals surface area contributed by atoms with Crippen molar-refractivity contribution in [2.24, 2.45) is 4.99 Å². The highest BCUT2D eigenvalue weighted by molar-refractivity contribution is 14.0. The lowest BCUT2D eigenvalue weighted by Crippen LogP contribution is -2.41. The molecule has 0 aliphatic heterocycles. The average molecular weight is 473 g/mol. The number of likely N-dealkylation sites (N-methyl/N-ethyl adjacent to an activating group) is 1. The van der Waals surface area contributed by atoms with Crippen LogP contribution >= 0.6 is 35.3 Å². The second kappa shape index (κ2) is 11.3. The van der Waals surface area contributed by atoms with Gasteiger partial charge in [0.05, 0.1) is 11.6 Å². The Kier molecular flexibility index (Phi) is 9.81. The number of benzene rings is 1. The van der Waals surface area contributed by atoms with Crippen LogP contribution in [0.2, 0.25) is 0 Å². The minimum absolute atomic E-state index is 0. The predicted octanol–water partition coefficient (Wildman–Crippen LogP) is 3.57. The van der Waals surface area contributed by atoms with E-state index in [0.717, 1.165) is 37.1 Å². The van der Waals surface area contributed by atoms with Crippen LogP contribution in [-0.2, 0) is 6.54 Å². The molecule has 0 bridgehead atoms. The molecule has 0 amide bonds. The van der Waals surface area contributed by atoms with Crippen LogP contribution < -0.4 is 15.5 Å². The van der Waals surface area contributed by atoms with Gasteiger partial charge in [-0.25, -0.2) is 4.98 Å². The van der Waals surface area contributed by atoms with Crippen molar-refractivity contribution < 1.29 is 0 Å². The fourth-order valence-corrected chi connectivity index (χ4v) is 3.22. The summed E-state index contributed by atoms with van der Waals surface area (Å²) in [5, 5.41) is 7.80. The lowest BCUT2D eigenvalue weighted by molar-refractivity contribution is 0.751. The Morgan fingerprint density at radius 2 is 2.08 bits per heavy atom. The van der Waals surface area contributed by atoms with E-state index in [-0.39, 0.29) is 24.0 Å². The number of aromatic nitrogens is 1. The van der Waals surface area contributed by atoms with Crippen molar-refractivity contribution in [3.63, 3.8) is 0 Å². The molecule has 0 aliphatic carbocycles. The molecule has 25 heavy (non-hydrogen) atoms. The Balaban J connectivity index is 0.00000312. The molecule has 0 saturated carbocycles. The Bertz CT molecular complexity index is 671. The summed E-state index contributed by atoms with van der Waals surface area (Å²) in [5.74, 6) is 0.821. The van der Waals surface area contributed by atoms with E-state index in [2.05, 4.69) is 63.6 Å². The highest BCUT2D eigenvalue weighted by atomic mass is 127. The smallest absolute Gasteiger partial charge is 0.191 e. The van der Waals surface area contributed by atoms with Gasteiger partial charge in [0, 0.05) is 43.4 Å². The van der Waals surface area contributed by atoms with Gasteiger partial charge in [-0.05, 0) is 38.5 Å². The van der Waals surface area contributed by atoms with Crippen molar-refractivity contribution >= 4 is 47.0 Å². The summed E-state index contributed by atoms with van der Waals surface area (Å²) in [7, 11) is 1.80. The zero-order valence-corrected chi connectivity index (χ0v) is 18.5. The summed E-state index contributed by atoms with van der Waals surface area (Å²) in [4.78, 5) is 12.1. The van der Waals surface area contributed by atoms with Crippen molar-refractivity contribution in [3.05, 3.63) is 45.9 Å². The highest BCUT2D eigenvalue weighted by Gasteiger charge is 2.05. The van der Waals surface area contributed by atoms with Gasteiger partial charge in [0.25, 0.3) is 0 Å². The Labute approximate surface area is 172 Å². The third kappa shape index (κ3) is 7.19. The first-order chi connectivity index (χ1) is 11.6. The van der Waals surface area contributed by atoms with E-state index in [4.69, 9.17) is 0 Å². The van der Waals surface area contributed by atoms with E-state index in [1.807, 2.05) is 13.1 Å². The minimum Gasteiger partial charge on any atom is -0.370 e. The van der Waals surface area contributed by atoms with Gasteiger partial charge in [0.2, 0.25) is 0 Å². The number of halogens is 1. The molecule has 1 aromatic heterocycles. The van der Waals surface area contributed by atoms with Crippen molar-refractivity contribution in [1.29, 1.82) is 0 Å². The maximum atomic E-state index is 4.28. The molecule has 0 atom stereocenters. The average Bonchev–Trinajstić information content (AvgIpc) is 3.00. The van der Waals surface area contributed by atoms with Gasteiger partial charge in [-0.15, -0.1) is 35.3 Å². The first kappa shape index (κ1) is 21.7. The first-order valence-corrected chi connectivity index (χ1v) is 9.11. The predicted molar refractivity (Wildman–Crippen MR) is 120 cm³/mol. The largest absolute Gasteiger partial charge is 0.370 e. The Hall–Kier alpha value is -1.35. The molecular weight excluding hydrogens is 445 g/mol. The number of nitrogens with zero attached hydrogens (tertiary/aromatic N) is 3. The number of guanidine groups is 1. The van der Waals surface area contributed by atoms with Gasteiger partial charge < -0.3 is 15.5 Å². The number of rotatable bonds is 7. The van der Waals surface area contributed by atoms with Gasteiger partial charge in [-0.3, -0.25) is 4.99 Å². The van der Waals surface area contributed by atoms with Gasteiger partial charge in [0.1, 0.15) is 0 Å². The van der Waals surface area contributed by atoms with Crippen molar-refractivity contribution in [1.82, 2.24) is 15.6 Å². The molecular formula is C18H28IN5S. The van der Waals surface area contributed by atoms with Gasteiger partial charge in [-0.2, -0.15) is 0 Å². The monoisotopic (exact) mass is 473 g/mol. The number of hydrogen-bond donors (Lipinski definition) is 2. The molecule has 0 fully saturated rings. The maximum absolute atomic E-state index is 4.28. The summed E-state index contributed by atoms with van der Waals surface area (Å²) in [6, 6.07) is 8.62. The molecule has 0 spiro atoms. The topological polar surface area (TPSA) is 52.5 Å². The molecule has 2 rings (SSSR count). The third-order valence-electron chi connectivity index (χ3n) is 3.75. The van der Waals surface area contributed by atoms with Crippen LogP contribution in [0.4, 0.5) is 5.69 Å². The molecule has 0 radical (unpaired) electrons. The van der Waals surface area contributed by atoms with Crippen LogP contribution in [0, 0.1) is 13.8 Å². The summed E-state index contributed by atoms with van der Waals surface area (Å²) in [6.07, 6.45) is 1.91. The molecule has 1 heterocycles. The van der Waals surface area contributed by atoms with Gasteiger partial charge >= 0.3 is 0 Å². The van der Waals surface area contributed by atoms with E-state index >= 15 is 0 Å². The standard InChI is InChI=1S/C18H27N5S.HI/c1-5-23(16-8-6-7-14(2)11-16)10-9-20-18(19-4)22-13-17-12-21-15(3)24-17;/h6-8,11-12H,5,9-10,13H2,1-4H3,(H2,19,20,22);1H. The van der Waals surface area contributed by atoms with Crippen LogP contribution in [-0.4, -0.2) is 37.6 Å². The molecule has 5 nitrogen and oxygen atoms in total. The first-order valence-electron chi connectivity index (χ1n) is 8.29. The number of hydrogen-bond acceptors (Lipinski definition) is 4. The van der Waals surface area contributed by atoms with Crippen LogP contribution in [0.1, 0.15) is 22.4 Å². The van der Waals surface area contributed by atoms with E-state index in [1.165, 1.54) is 16.1 Å². The number of anilines is 1. The molecule has 7 heteroatoms. The lowest BCUT2D eigenvalue weighted by atomic mass is 10.2. The number of aryl methyl sites for hydroxylation is 2. The lowest BCUT2D eigenvalue weighted by Gasteiger charge is -2.24. The zero-order chi connectivity index (χ0) is 17.4. The Morgan fingerprint density at radius 1 is 1.28 bits per heavy atom. The summed E-state index contributed by atoms with van der Waals surface area (Å²) >= 11 is 1.71. The fourth-order valence-electron chi connectivity index (χ4n) is 2.48. The molecule has 0 unspecified atom stereocenters. The maximum Gasteiger partial charge on any atom is 0.191 e. The third-order valence-corrected chi connectivity index (χ3v) is 4.66. The van der Waals surface area contributed by atoms with E-state index < -0.39 is 0 Å². The molecule has 2 aromatic rings. The van der Waals surface area contributed by atoms with Crippen molar-refractivity contribution in [3.8, 4) is 0 Å². The van der Waals surface area contributed by atoms with Crippen LogP contribution in [0.5, 0.6) is 0 Å². The van der Waals surface area contributed by atoms with Crippen LogP contribution in [0.3, 0.4) is 0 Å². The summed E-state index contributed by atoms with van der Waals surface area (Å²) < 4.78 is 0. The quantitative estimate of drug-likeness (QED) is 0.367. The molecule has 2 N–H and O–H groups in total. The fraction of sp³-hybridized carbons (Fsp3) is 0.444. The molecule has 0 saturated heterocycles. The second-order valence-corrected chi connectivity index (χ2v) is 6.94. The van der Waals surface area contributed by atoms with Crippen molar-refractivity contribution in [2.75, 3.05) is 31.6 Å². The van der Waals surface area contributed by atoms with Crippen LogP contribution in [0.25, 0.3) is 0 Å². The van der Waals surface area contributed by atoms with Gasteiger partial charge in [-0.1, -0.05) is 12.1 Å².